The number of hydrogen-bond acceptors (Lipinski definition) is 3. The number of rotatable bonds is 4. The number of aromatic hydroxyl groups is 2. The summed E-state index contributed by atoms with van der Waals surface area (Å²) in [5.41, 5.74) is 1.13. The largest absolute Gasteiger partial charge is 0.504 e. The van der Waals surface area contributed by atoms with E-state index in [1.165, 1.54) is 12.2 Å². The Kier molecular flexibility index (Phi) is 3.57. The van der Waals surface area contributed by atoms with Gasteiger partial charge in [-0.2, -0.15) is 0 Å². The lowest BCUT2D eigenvalue weighted by Gasteiger charge is -2.11. The van der Waals surface area contributed by atoms with Crippen molar-refractivity contribution in [3.05, 3.63) is 60.7 Å². The average molecular weight is 254 g/mol. The molecule has 0 aliphatic rings. The quantitative estimate of drug-likeness (QED) is 0.860. The molecule has 0 saturated carbocycles. The van der Waals surface area contributed by atoms with Crippen molar-refractivity contribution >= 4 is 12.2 Å². The van der Waals surface area contributed by atoms with E-state index in [1.54, 1.807) is 36.4 Å². The smallest absolute Gasteiger partial charge is 0.169 e. The maximum Gasteiger partial charge on any atom is 0.169 e. The maximum absolute atomic E-state index is 9.97. The van der Waals surface area contributed by atoms with Gasteiger partial charge >= 0.3 is 0 Å². The molecule has 0 aliphatic carbocycles. The molecule has 2 N–H and O–H groups in total. The monoisotopic (exact) mass is 254 g/mol. The van der Waals surface area contributed by atoms with Gasteiger partial charge in [0, 0.05) is 11.1 Å². The predicted octanol–water partition coefficient (Wildman–Crippen LogP) is 4.18. The highest BCUT2D eigenvalue weighted by molar-refractivity contribution is 5.63. The van der Waals surface area contributed by atoms with Gasteiger partial charge in [0.15, 0.2) is 23.0 Å². The van der Waals surface area contributed by atoms with Crippen LogP contribution in [0.15, 0.2) is 49.6 Å². The van der Waals surface area contributed by atoms with Crippen LogP contribution in [-0.2, 0) is 0 Å². The summed E-state index contributed by atoms with van der Waals surface area (Å²) in [7, 11) is 0. The number of ether oxygens (including phenoxy) is 1. The van der Waals surface area contributed by atoms with Crippen LogP contribution in [0.5, 0.6) is 23.0 Å². The molecule has 0 fully saturated rings. The van der Waals surface area contributed by atoms with Crippen LogP contribution in [-0.4, -0.2) is 10.2 Å². The zero-order chi connectivity index (χ0) is 13.8. The van der Waals surface area contributed by atoms with E-state index < -0.39 is 0 Å². The molecule has 3 heteroatoms. The SMILES string of the molecule is C=Cc1cccc(Oc2cccc(C=C)c2O)c1O. The van der Waals surface area contributed by atoms with Gasteiger partial charge in [0.1, 0.15) is 0 Å². The second kappa shape index (κ2) is 5.31. The third-order valence-electron chi connectivity index (χ3n) is 2.72. The minimum atomic E-state index is -0.0130. The molecular formula is C16H14O3. The first-order valence-electron chi connectivity index (χ1n) is 5.74. The van der Waals surface area contributed by atoms with Crippen LogP contribution < -0.4 is 4.74 Å². The van der Waals surface area contributed by atoms with Crippen LogP contribution in [0.1, 0.15) is 11.1 Å². The summed E-state index contributed by atoms with van der Waals surface area (Å²) in [6, 6.07) is 10.1. The second-order valence-electron chi connectivity index (χ2n) is 3.90. The first kappa shape index (κ1) is 12.8. The van der Waals surface area contributed by atoms with E-state index in [4.69, 9.17) is 4.74 Å². The van der Waals surface area contributed by atoms with Gasteiger partial charge in [-0.25, -0.2) is 0 Å². The molecule has 0 heterocycles. The van der Waals surface area contributed by atoms with Crippen LogP contribution in [0.4, 0.5) is 0 Å². The number of para-hydroxylation sites is 2. The van der Waals surface area contributed by atoms with E-state index in [0.717, 1.165) is 0 Å². The molecule has 0 aliphatic heterocycles. The molecule has 0 atom stereocenters. The lowest BCUT2D eigenvalue weighted by molar-refractivity contribution is 0.384. The van der Waals surface area contributed by atoms with Crippen molar-refractivity contribution in [1.82, 2.24) is 0 Å². The highest BCUT2D eigenvalue weighted by Gasteiger charge is 2.11. The third kappa shape index (κ3) is 2.45. The van der Waals surface area contributed by atoms with Crippen molar-refractivity contribution < 1.29 is 14.9 Å². The van der Waals surface area contributed by atoms with Crippen molar-refractivity contribution in [1.29, 1.82) is 0 Å². The first-order valence-corrected chi connectivity index (χ1v) is 5.74. The molecule has 0 radical (unpaired) electrons. The molecule has 0 saturated heterocycles. The van der Waals surface area contributed by atoms with E-state index in [2.05, 4.69) is 13.2 Å². The predicted molar refractivity (Wildman–Crippen MR) is 76.5 cm³/mol. The minimum Gasteiger partial charge on any atom is -0.504 e. The molecule has 0 amide bonds. The van der Waals surface area contributed by atoms with Crippen molar-refractivity contribution in [3.63, 3.8) is 0 Å². The Morgan fingerprint density at radius 2 is 1.21 bits per heavy atom. The zero-order valence-electron chi connectivity index (χ0n) is 10.3. The summed E-state index contributed by atoms with van der Waals surface area (Å²) in [6.45, 7) is 7.21. The molecule has 2 aromatic rings. The molecule has 2 rings (SSSR count). The molecule has 0 bridgehead atoms. The topological polar surface area (TPSA) is 49.7 Å². The van der Waals surface area contributed by atoms with Gasteiger partial charge in [0.05, 0.1) is 0 Å². The molecule has 19 heavy (non-hydrogen) atoms. The molecule has 2 aromatic carbocycles. The Balaban J connectivity index is 2.42. The summed E-state index contributed by atoms with van der Waals surface area (Å²) in [4.78, 5) is 0. The van der Waals surface area contributed by atoms with Crippen LogP contribution in [0.3, 0.4) is 0 Å². The lowest BCUT2D eigenvalue weighted by Crippen LogP contribution is -1.88. The average Bonchev–Trinajstić information content (AvgIpc) is 2.43. The molecule has 96 valence electrons. The van der Waals surface area contributed by atoms with E-state index in [0.29, 0.717) is 11.1 Å². The summed E-state index contributed by atoms with van der Waals surface area (Å²) < 4.78 is 5.53. The Hall–Kier alpha value is -2.68. The Morgan fingerprint density at radius 1 is 0.789 bits per heavy atom. The number of benzene rings is 2. The molecule has 3 nitrogen and oxygen atoms in total. The van der Waals surface area contributed by atoms with Crippen LogP contribution >= 0.6 is 0 Å². The fourth-order valence-electron chi connectivity index (χ4n) is 1.69. The summed E-state index contributed by atoms with van der Waals surface area (Å²) in [5, 5.41) is 19.9. The Labute approximate surface area is 111 Å². The van der Waals surface area contributed by atoms with Crippen molar-refractivity contribution in [2.75, 3.05) is 0 Å². The van der Waals surface area contributed by atoms with Gasteiger partial charge in [-0.15, -0.1) is 0 Å². The number of phenols is 2. The van der Waals surface area contributed by atoms with Gasteiger partial charge in [0.25, 0.3) is 0 Å². The summed E-state index contributed by atoms with van der Waals surface area (Å²) in [5.74, 6) is 0.490. The molecule has 0 spiro atoms. The zero-order valence-corrected chi connectivity index (χ0v) is 10.3. The Morgan fingerprint density at radius 3 is 1.58 bits per heavy atom. The molecular weight excluding hydrogens is 240 g/mol. The van der Waals surface area contributed by atoms with Gasteiger partial charge < -0.3 is 14.9 Å². The van der Waals surface area contributed by atoms with Crippen molar-refractivity contribution in [3.8, 4) is 23.0 Å². The highest BCUT2D eigenvalue weighted by Crippen LogP contribution is 2.38. The number of phenolic OH excluding ortho intramolecular Hbond substituents is 2. The van der Waals surface area contributed by atoms with Crippen LogP contribution in [0, 0.1) is 0 Å². The normalized spacial score (nSPS) is 9.89. The molecule has 0 unspecified atom stereocenters. The fourth-order valence-corrected chi connectivity index (χ4v) is 1.69. The van der Waals surface area contributed by atoms with Crippen LogP contribution in [0.25, 0.3) is 12.2 Å². The molecule has 0 aromatic heterocycles. The van der Waals surface area contributed by atoms with Gasteiger partial charge in [-0.1, -0.05) is 49.6 Å². The van der Waals surface area contributed by atoms with Crippen molar-refractivity contribution in [2.45, 2.75) is 0 Å². The summed E-state index contributed by atoms with van der Waals surface area (Å²) >= 11 is 0. The number of hydrogen-bond donors (Lipinski definition) is 2. The third-order valence-corrected chi connectivity index (χ3v) is 2.72. The van der Waals surface area contributed by atoms with E-state index in [9.17, 15) is 10.2 Å². The fraction of sp³-hybridized carbons (Fsp3) is 0. The highest BCUT2D eigenvalue weighted by atomic mass is 16.5. The van der Waals surface area contributed by atoms with Crippen LogP contribution in [0.2, 0.25) is 0 Å². The standard InChI is InChI=1S/C16H14O3/c1-3-11-7-5-9-13(15(11)17)19-14-10-6-8-12(4-2)16(14)18/h3-10,17-18H,1-2H2. The lowest BCUT2D eigenvalue weighted by atomic mass is 10.1. The van der Waals surface area contributed by atoms with Crippen molar-refractivity contribution in [2.24, 2.45) is 0 Å². The maximum atomic E-state index is 9.97. The van der Waals surface area contributed by atoms with Gasteiger partial charge in [-0.3, -0.25) is 0 Å². The van der Waals surface area contributed by atoms with Gasteiger partial charge in [0.2, 0.25) is 0 Å². The minimum absolute atomic E-state index is 0.0130. The van der Waals surface area contributed by atoms with E-state index >= 15 is 0 Å². The Bertz CT molecular complexity index is 574. The van der Waals surface area contributed by atoms with Gasteiger partial charge in [-0.05, 0) is 12.1 Å². The van der Waals surface area contributed by atoms with E-state index in [1.807, 2.05) is 0 Å². The van der Waals surface area contributed by atoms with E-state index in [-0.39, 0.29) is 23.0 Å². The first-order chi connectivity index (χ1) is 9.17. The summed E-state index contributed by atoms with van der Waals surface area (Å²) in [6.07, 6.45) is 3.06. The second-order valence-corrected chi connectivity index (χ2v) is 3.90.